The Morgan fingerprint density at radius 2 is 2.26 bits per heavy atom. The molecule has 3 atom stereocenters. The minimum absolute atomic E-state index is 0. The van der Waals surface area contributed by atoms with Gasteiger partial charge in [0.25, 0.3) is 0 Å². The first kappa shape index (κ1) is 18.6. The lowest BCUT2D eigenvalue weighted by Gasteiger charge is -2.54. The van der Waals surface area contributed by atoms with Crippen LogP contribution in [0.25, 0.3) is 0 Å². The van der Waals surface area contributed by atoms with E-state index in [1.165, 1.54) is 5.56 Å². The van der Waals surface area contributed by atoms with E-state index in [4.69, 9.17) is 9.73 Å². The molecule has 2 N–H and O–H groups in total. The van der Waals surface area contributed by atoms with Crippen LogP contribution >= 0.6 is 24.0 Å². The summed E-state index contributed by atoms with van der Waals surface area (Å²) >= 11 is 0. The molecule has 2 heterocycles. The topological polar surface area (TPSA) is 50.6 Å². The van der Waals surface area contributed by atoms with Crippen molar-refractivity contribution < 1.29 is 4.74 Å². The Hall–Kier alpha value is -0.760. The van der Waals surface area contributed by atoms with Crippen molar-refractivity contribution in [3.05, 3.63) is 24.0 Å². The third-order valence-corrected chi connectivity index (χ3v) is 5.05. The number of hydrogen-bond acceptors (Lipinski definition) is 2. The maximum absolute atomic E-state index is 5.87. The highest BCUT2D eigenvalue weighted by atomic mass is 127. The number of nitrogens with zero attached hydrogens (tertiary/aromatic N) is 2. The summed E-state index contributed by atoms with van der Waals surface area (Å²) in [5.74, 6) is 1.53. The molecule has 0 aromatic carbocycles. The molecular formula is C17H29IN4O. The average Bonchev–Trinajstić information content (AvgIpc) is 3.09. The van der Waals surface area contributed by atoms with E-state index in [0.717, 1.165) is 25.5 Å². The Morgan fingerprint density at radius 3 is 2.91 bits per heavy atom. The maximum atomic E-state index is 5.87. The number of ether oxygens (including phenoxy) is 1. The van der Waals surface area contributed by atoms with Gasteiger partial charge in [0.05, 0.1) is 12.6 Å². The molecule has 0 spiro atoms. The van der Waals surface area contributed by atoms with Crippen molar-refractivity contribution in [1.29, 1.82) is 0 Å². The second-order valence-electron chi connectivity index (χ2n) is 7.07. The Morgan fingerprint density at radius 1 is 1.48 bits per heavy atom. The predicted molar refractivity (Wildman–Crippen MR) is 104 cm³/mol. The molecule has 0 bridgehead atoms. The van der Waals surface area contributed by atoms with Gasteiger partial charge in [0, 0.05) is 50.0 Å². The molecule has 0 radical (unpaired) electrons. The summed E-state index contributed by atoms with van der Waals surface area (Å²) in [4.78, 5) is 4.74. The van der Waals surface area contributed by atoms with Crippen molar-refractivity contribution in [2.45, 2.75) is 45.9 Å². The number of halogens is 1. The molecule has 23 heavy (non-hydrogen) atoms. The first-order valence-electron chi connectivity index (χ1n) is 8.29. The van der Waals surface area contributed by atoms with E-state index >= 15 is 0 Å². The van der Waals surface area contributed by atoms with Crippen LogP contribution in [0.2, 0.25) is 0 Å². The number of hydrogen-bond donors (Lipinski definition) is 2. The van der Waals surface area contributed by atoms with Gasteiger partial charge in [0.15, 0.2) is 5.96 Å². The van der Waals surface area contributed by atoms with Gasteiger partial charge in [0.2, 0.25) is 0 Å². The van der Waals surface area contributed by atoms with Crippen molar-refractivity contribution in [2.24, 2.45) is 23.4 Å². The van der Waals surface area contributed by atoms with Crippen molar-refractivity contribution in [3.63, 3.8) is 0 Å². The zero-order chi connectivity index (χ0) is 15.7. The molecule has 0 amide bonds. The van der Waals surface area contributed by atoms with Crippen LogP contribution in [0.5, 0.6) is 0 Å². The van der Waals surface area contributed by atoms with Crippen LogP contribution in [0, 0.1) is 11.3 Å². The van der Waals surface area contributed by atoms with Crippen LogP contribution < -0.4 is 10.6 Å². The Kier molecular flexibility index (Phi) is 5.99. The standard InChI is InChI=1S/C17H28N4O.HI/c1-5-18-16(19-10-12-6-8-21(4)11-12)20-14-13-7-9-22-15(13)17(14,2)3;/h6,8,11,13-15H,5,7,9-10H2,1-4H3,(H2,18,19,20);1H. The number of aryl methyl sites for hydroxylation is 1. The van der Waals surface area contributed by atoms with E-state index in [1.807, 2.05) is 7.05 Å². The van der Waals surface area contributed by atoms with E-state index in [-0.39, 0.29) is 29.4 Å². The van der Waals surface area contributed by atoms with Crippen LogP contribution in [-0.2, 0) is 18.3 Å². The zero-order valence-electron chi connectivity index (χ0n) is 14.5. The predicted octanol–water partition coefficient (Wildman–Crippen LogP) is 2.51. The molecule has 130 valence electrons. The summed E-state index contributed by atoms with van der Waals surface area (Å²) in [6.07, 6.45) is 5.73. The van der Waals surface area contributed by atoms with Crippen molar-refractivity contribution in [3.8, 4) is 0 Å². The van der Waals surface area contributed by atoms with E-state index in [0.29, 0.717) is 24.6 Å². The van der Waals surface area contributed by atoms with E-state index in [1.54, 1.807) is 0 Å². The van der Waals surface area contributed by atoms with E-state index in [9.17, 15) is 0 Å². The lowest BCUT2D eigenvalue weighted by atomic mass is 9.57. The molecule has 1 saturated heterocycles. The minimum atomic E-state index is 0. The van der Waals surface area contributed by atoms with Crippen molar-refractivity contribution in [1.82, 2.24) is 15.2 Å². The van der Waals surface area contributed by atoms with Crippen molar-refractivity contribution >= 4 is 29.9 Å². The van der Waals surface area contributed by atoms with Gasteiger partial charge in [-0.05, 0) is 25.0 Å². The molecule has 6 heteroatoms. The first-order chi connectivity index (χ1) is 10.5. The number of rotatable bonds is 4. The highest BCUT2D eigenvalue weighted by Gasteiger charge is 2.59. The Labute approximate surface area is 156 Å². The lowest BCUT2D eigenvalue weighted by molar-refractivity contribution is -0.106. The van der Waals surface area contributed by atoms with Crippen LogP contribution in [0.4, 0.5) is 0 Å². The van der Waals surface area contributed by atoms with E-state index < -0.39 is 0 Å². The van der Waals surface area contributed by atoms with Crippen LogP contribution in [0.15, 0.2) is 23.5 Å². The number of aliphatic imine (C=N–C) groups is 1. The van der Waals surface area contributed by atoms with Crippen LogP contribution in [0.1, 0.15) is 32.8 Å². The second kappa shape index (κ2) is 7.42. The summed E-state index contributed by atoms with van der Waals surface area (Å²) < 4.78 is 7.92. The number of aromatic nitrogens is 1. The highest BCUT2D eigenvalue weighted by Crippen LogP contribution is 2.52. The number of guanidine groups is 1. The number of fused-ring (bicyclic) bond motifs is 1. The average molecular weight is 432 g/mol. The highest BCUT2D eigenvalue weighted by molar-refractivity contribution is 14.0. The Bertz CT molecular complexity index is 555. The van der Waals surface area contributed by atoms with E-state index in [2.05, 4.69) is 54.4 Å². The summed E-state index contributed by atoms with van der Waals surface area (Å²) in [5.41, 5.74) is 1.40. The van der Waals surface area contributed by atoms with Gasteiger partial charge < -0.3 is 19.9 Å². The molecule has 1 aliphatic carbocycles. The minimum Gasteiger partial charge on any atom is -0.377 e. The smallest absolute Gasteiger partial charge is 0.191 e. The van der Waals surface area contributed by atoms with Gasteiger partial charge >= 0.3 is 0 Å². The molecular weight excluding hydrogens is 403 g/mol. The molecule has 2 fully saturated rings. The number of nitrogens with one attached hydrogen (secondary N) is 2. The summed E-state index contributed by atoms with van der Waals surface area (Å²) in [5, 5.41) is 7.01. The van der Waals surface area contributed by atoms with Gasteiger partial charge in [0.1, 0.15) is 0 Å². The van der Waals surface area contributed by atoms with Gasteiger partial charge in [-0.15, -0.1) is 24.0 Å². The molecule has 1 aliphatic heterocycles. The first-order valence-corrected chi connectivity index (χ1v) is 8.29. The van der Waals surface area contributed by atoms with Crippen LogP contribution in [0.3, 0.4) is 0 Å². The normalized spacial score (nSPS) is 28.5. The van der Waals surface area contributed by atoms with Gasteiger partial charge in [-0.1, -0.05) is 13.8 Å². The second-order valence-corrected chi connectivity index (χ2v) is 7.07. The van der Waals surface area contributed by atoms with Gasteiger partial charge in [-0.2, -0.15) is 0 Å². The Balaban J connectivity index is 0.00000192. The SMILES string of the molecule is CCNC(=NCc1ccn(C)c1)NC1C2CCOC2C1(C)C.I. The third-order valence-electron chi connectivity index (χ3n) is 5.05. The monoisotopic (exact) mass is 432 g/mol. The molecule has 3 unspecified atom stereocenters. The lowest BCUT2D eigenvalue weighted by Crippen LogP contribution is -2.67. The summed E-state index contributed by atoms with van der Waals surface area (Å²) in [7, 11) is 2.04. The molecule has 1 saturated carbocycles. The molecule has 1 aromatic rings. The molecule has 5 nitrogen and oxygen atoms in total. The maximum Gasteiger partial charge on any atom is 0.191 e. The fraction of sp³-hybridized carbons (Fsp3) is 0.706. The van der Waals surface area contributed by atoms with Gasteiger partial charge in [-0.25, -0.2) is 4.99 Å². The fourth-order valence-corrected chi connectivity index (χ4v) is 3.91. The molecule has 1 aromatic heterocycles. The quantitative estimate of drug-likeness (QED) is 0.437. The zero-order valence-corrected chi connectivity index (χ0v) is 16.8. The summed E-state index contributed by atoms with van der Waals surface area (Å²) in [6.45, 7) is 9.16. The third kappa shape index (κ3) is 3.68. The summed E-state index contributed by atoms with van der Waals surface area (Å²) in [6, 6.07) is 2.55. The van der Waals surface area contributed by atoms with Crippen LogP contribution in [-0.4, -0.2) is 35.8 Å². The fourth-order valence-electron chi connectivity index (χ4n) is 3.91. The largest absolute Gasteiger partial charge is 0.377 e. The molecule has 3 rings (SSSR count). The van der Waals surface area contributed by atoms with Gasteiger partial charge in [-0.3, -0.25) is 0 Å². The molecule has 2 aliphatic rings. The van der Waals surface area contributed by atoms with Crippen molar-refractivity contribution in [2.75, 3.05) is 13.2 Å².